The lowest BCUT2D eigenvalue weighted by molar-refractivity contribution is -0.117. The van der Waals surface area contributed by atoms with Gasteiger partial charge in [-0.2, -0.15) is 5.10 Å². The molecule has 0 radical (unpaired) electrons. The van der Waals surface area contributed by atoms with Crippen LogP contribution in [0.3, 0.4) is 0 Å². The van der Waals surface area contributed by atoms with Crippen molar-refractivity contribution in [2.24, 2.45) is 11.7 Å². The highest BCUT2D eigenvalue weighted by molar-refractivity contribution is 5.78. The van der Waals surface area contributed by atoms with Crippen molar-refractivity contribution in [3.63, 3.8) is 0 Å². The number of fused-ring (bicyclic) bond motifs is 1. The molecular weight excluding hydrogens is 383 g/mol. The summed E-state index contributed by atoms with van der Waals surface area (Å²) in [5.74, 6) is 0.0869. The quantitative estimate of drug-likeness (QED) is 0.556. The van der Waals surface area contributed by atoms with E-state index in [1.165, 1.54) is 12.1 Å². The fourth-order valence-electron chi connectivity index (χ4n) is 4.85. The maximum Gasteiger partial charge on any atom is 0.223 e. The number of hydrogen-bond donors (Lipinski definition) is 1. The molecule has 3 aromatic heterocycles. The van der Waals surface area contributed by atoms with E-state index < -0.39 is 5.91 Å². The number of nitrogens with zero attached hydrogens (tertiary/aromatic N) is 5. The number of aromatic nitrogens is 5. The molecule has 3 aliphatic rings. The van der Waals surface area contributed by atoms with Gasteiger partial charge in [0.05, 0.1) is 36.0 Å². The van der Waals surface area contributed by atoms with Crippen LogP contribution >= 0.6 is 0 Å². The van der Waals surface area contributed by atoms with Crippen LogP contribution in [0, 0.1) is 11.7 Å². The third-order valence-electron chi connectivity index (χ3n) is 6.43. The topological polar surface area (TPSA) is 91.1 Å². The van der Waals surface area contributed by atoms with E-state index in [0.29, 0.717) is 11.3 Å². The molecule has 3 aliphatic carbocycles. The number of carbonyl (C=O) groups is 1. The Morgan fingerprint density at radius 1 is 1.13 bits per heavy atom. The molecule has 0 atom stereocenters. The van der Waals surface area contributed by atoms with Crippen molar-refractivity contribution >= 4 is 11.6 Å². The van der Waals surface area contributed by atoms with Gasteiger partial charge < -0.3 is 10.3 Å². The van der Waals surface area contributed by atoms with Gasteiger partial charge in [-0.25, -0.2) is 18.9 Å². The van der Waals surface area contributed by atoms with Crippen molar-refractivity contribution in [1.82, 2.24) is 24.1 Å². The third kappa shape index (κ3) is 2.43. The maximum absolute atomic E-state index is 13.5. The first-order chi connectivity index (χ1) is 14.5. The number of nitrogens with two attached hydrogens (primary N) is 1. The standard InChI is InChI=1S/C22H19FN6O/c23-15-3-1-14(2-4-15)20-21(28(12-26-20)22-8-13(9-22)10-22)17-5-6-19-25-11-16(7-18(24)30)29(19)27-17/h1-6,11-13H,7-10H2,(H2,24,30). The summed E-state index contributed by atoms with van der Waals surface area (Å²) in [6.07, 6.45) is 7.02. The summed E-state index contributed by atoms with van der Waals surface area (Å²) in [6.45, 7) is 0. The molecule has 150 valence electrons. The molecule has 0 aliphatic heterocycles. The average Bonchev–Trinajstić information content (AvgIpc) is 3.24. The van der Waals surface area contributed by atoms with Gasteiger partial charge in [-0.15, -0.1) is 0 Å². The smallest absolute Gasteiger partial charge is 0.223 e. The Kier molecular flexibility index (Phi) is 3.45. The molecule has 2 N–H and O–H groups in total. The molecule has 3 saturated carbocycles. The number of rotatable bonds is 5. The van der Waals surface area contributed by atoms with E-state index in [4.69, 9.17) is 15.8 Å². The van der Waals surface area contributed by atoms with Gasteiger partial charge in [-0.3, -0.25) is 4.79 Å². The molecule has 7 rings (SSSR count). The van der Waals surface area contributed by atoms with E-state index in [0.717, 1.165) is 47.8 Å². The van der Waals surface area contributed by atoms with Gasteiger partial charge in [0.25, 0.3) is 0 Å². The number of imidazole rings is 2. The summed E-state index contributed by atoms with van der Waals surface area (Å²) < 4.78 is 17.4. The molecule has 30 heavy (non-hydrogen) atoms. The van der Waals surface area contributed by atoms with Gasteiger partial charge in [-0.05, 0) is 61.6 Å². The Labute approximate surface area is 171 Å². The molecule has 3 fully saturated rings. The highest BCUT2D eigenvalue weighted by Gasteiger charge is 2.58. The molecule has 0 saturated heterocycles. The number of amides is 1. The second-order valence-corrected chi connectivity index (χ2v) is 8.40. The van der Waals surface area contributed by atoms with E-state index in [1.54, 1.807) is 22.8 Å². The van der Waals surface area contributed by atoms with Crippen LogP contribution in [0.2, 0.25) is 0 Å². The lowest BCUT2D eigenvalue weighted by Gasteiger charge is -2.62. The van der Waals surface area contributed by atoms with Gasteiger partial charge in [-0.1, -0.05) is 0 Å². The van der Waals surface area contributed by atoms with Crippen molar-refractivity contribution in [2.45, 2.75) is 31.2 Å². The monoisotopic (exact) mass is 402 g/mol. The SMILES string of the molecule is NC(=O)Cc1cnc2ccc(-c3c(-c4ccc(F)cc4)ncn3C34CC(C3)C4)nn12. The number of halogens is 1. The normalized spacial score (nSPS) is 22.0. The molecule has 1 amide bonds. The van der Waals surface area contributed by atoms with Gasteiger partial charge in [0.1, 0.15) is 11.5 Å². The highest BCUT2D eigenvalue weighted by atomic mass is 19.1. The molecule has 7 nitrogen and oxygen atoms in total. The Bertz CT molecular complexity index is 1290. The zero-order valence-corrected chi connectivity index (χ0v) is 16.1. The average molecular weight is 402 g/mol. The van der Waals surface area contributed by atoms with Crippen molar-refractivity contribution in [3.05, 3.63) is 60.4 Å². The summed E-state index contributed by atoms with van der Waals surface area (Å²) in [5, 5.41) is 4.80. The van der Waals surface area contributed by atoms with Crippen LogP contribution in [0.25, 0.3) is 28.3 Å². The van der Waals surface area contributed by atoms with Crippen LogP contribution in [0.1, 0.15) is 25.0 Å². The molecule has 0 unspecified atom stereocenters. The predicted molar refractivity (Wildman–Crippen MR) is 108 cm³/mol. The molecule has 8 heteroatoms. The van der Waals surface area contributed by atoms with Gasteiger partial charge >= 0.3 is 0 Å². The van der Waals surface area contributed by atoms with E-state index in [-0.39, 0.29) is 17.8 Å². The largest absolute Gasteiger partial charge is 0.369 e. The number of primary amides is 1. The fraction of sp³-hybridized carbons (Fsp3) is 0.273. The summed E-state index contributed by atoms with van der Waals surface area (Å²) in [6, 6.07) is 10.2. The minimum absolute atomic E-state index is 0.0628. The zero-order valence-electron chi connectivity index (χ0n) is 16.1. The second kappa shape index (κ2) is 5.98. The minimum atomic E-state index is -0.435. The van der Waals surface area contributed by atoms with Crippen LogP contribution in [-0.2, 0) is 16.8 Å². The van der Waals surface area contributed by atoms with Gasteiger partial charge in [0.15, 0.2) is 5.65 Å². The van der Waals surface area contributed by atoms with Gasteiger partial charge in [0.2, 0.25) is 5.91 Å². The molecule has 1 aromatic carbocycles. The van der Waals surface area contributed by atoms with E-state index >= 15 is 0 Å². The first kappa shape index (κ1) is 17.3. The van der Waals surface area contributed by atoms with Crippen LogP contribution in [0.15, 0.2) is 48.9 Å². The Morgan fingerprint density at radius 3 is 2.57 bits per heavy atom. The molecule has 0 spiro atoms. The van der Waals surface area contributed by atoms with Crippen LogP contribution < -0.4 is 5.73 Å². The minimum Gasteiger partial charge on any atom is -0.369 e. The number of benzene rings is 1. The Morgan fingerprint density at radius 2 is 1.90 bits per heavy atom. The van der Waals surface area contributed by atoms with Crippen LogP contribution in [-0.4, -0.2) is 30.1 Å². The summed E-state index contributed by atoms with van der Waals surface area (Å²) in [5.41, 5.74) is 10.0. The maximum atomic E-state index is 13.5. The molecule has 2 bridgehead atoms. The lowest BCUT2D eigenvalue weighted by atomic mass is 9.49. The molecule has 3 heterocycles. The highest BCUT2D eigenvalue weighted by Crippen LogP contribution is 2.63. The number of carbonyl (C=O) groups excluding carboxylic acids is 1. The molecule has 4 aromatic rings. The first-order valence-electron chi connectivity index (χ1n) is 9.98. The van der Waals surface area contributed by atoms with Crippen molar-refractivity contribution in [3.8, 4) is 22.6 Å². The van der Waals surface area contributed by atoms with Crippen molar-refractivity contribution < 1.29 is 9.18 Å². The first-order valence-corrected chi connectivity index (χ1v) is 9.98. The van der Waals surface area contributed by atoms with Crippen molar-refractivity contribution in [1.29, 1.82) is 0 Å². The van der Waals surface area contributed by atoms with Crippen LogP contribution in [0.5, 0.6) is 0 Å². The summed E-state index contributed by atoms with van der Waals surface area (Å²) in [7, 11) is 0. The number of hydrogen-bond acceptors (Lipinski definition) is 4. The molecular formula is C22H19FN6O. The summed E-state index contributed by atoms with van der Waals surface area (Å²) >= 11 is 0. The van der Waals surface area contributed by atoms with Crippen molar-refractivity contribution in [2.75, 3.05) is 0 Å². The lowest BCUT2D eigenvalue weighted by Crippen LogP contribution is -2.59. The zero-order chi connectivity index (χ0) is 20.5. The Balaban J connectivity index is 1.54. The van der Waals surface area contributed by atoms with E-state index in [9.17, 15) is 9.18 Å². The second-order valence-electron chi connectivity index (χ2n) is 8.40. The summed E-state index contributed by atoms with van der Waals surface area (Å²) in [4.78, 5) is 20.5. The van der Waals surface area contributed by atoms with Gasteiger partial charge in [0, 0.05) is 11.1 Å². The Hall–Kier alpha value is -3.55. The predicted octanol–water partition coefficient (Wildman–Crippen LogP) is 2.94. The fourth-order valence-corrected chi connectivity index (χ4v) is 4.85. The third-order valence-corrected chi connectivity index (χ3v) is 6.43. The van der Waals surface area contributed by atoms with E-state index in [2.05, 4.69) is 9.55 Å². The van der Waals surface area contributed by atoms with Crippen LogP contribution in [0.4, 0.5) is 4.39 Å². The van der Waals surface area contributed by atoms with E-state index in [1.807, 2.05) is 18.5 Å².